The first-order valence-corrected chi connectivity index (χ1v) is 14.6. The molecule has 0 saturated carbocycles. The molecule has 1 amide bonds. The fourth-order valence-corrected chi connectivity index (χ4v) is 7.49. The summed E-state index contributed by atoms with van der Waals surface area (Å²) in [6.45, 7) is 8.53. The molecule has 3 aliphatic heterocycles. The van der Waals surface area contributed by atoms with E-state index in [4.69, 9.17) is 10.7 Å². The topological polar surface area (TPSA) is 67.4 Å². The molecule has 0 radical (unpaired) electrons. The van der Waals surface area contributed by atoms with Gasteiger partial charge in [0.1, 0.15) is 5.82 Å². The summed E-state index contributed by atoms with van der Waals surface area (Å²) in [5.74, 6) is 1.76. The van der Waals surface area contributed by atoms with E-state index < -0.39 is 5.54 Å². The SMILES string of the molecule is Cc1nc2ccccc2n1C1C[C@H]2CC[C@@H](C1)N2CCc1ccc(C2CCN(C(=O)C(C)(C)N)CC2)cc1. The van der Waals surface area contributed by atoms with Crippen molar-refractivity contribution in [3.8, 4) is 0 Å². The number of rotatable bonds is 6. The molecule has 6 nitrogen and oxygen atoms in total. The number of piperidine rings is 2. The predicted molar refractivity (Wildman–Crippen MR) is 153 cm³/mol. The van der Waals surface area contributed by atoms with E-state index in [0.717, 1.165) is 50.2 Å². The zero-order valence-electron chi connectivity index (χ0n) is 23.3. The van der Waals surface area contributed by atoms with Gasteiger partial charge in [-0.05, 0) is 94.9 Å². The highest BCUT2D eigenvalue weighted by Gasteiger charge is 2.41. The van der Waals surface area contributed by atoms with Crippen LogP contribution in [0.2, 0.25) is 0 Å². The molecular formula is C32H43N5O. The normalized spacial score (nSPS) is 24.8. The largest absolute Gasteiger partial charge is 0.341 e. The van der Waals surface area contributed by atoms with E-state index in [-0.39, 0.29) is 5.91 Å². The lowest BCUT2D eigenvalue weighted by Crippen LogP contribution is -2.53. The van der Waals surface area contributed by atoms with Crippen LogP contribution in [0.1, 0.15) is 81.3 Å². The van der Waals surface area contributed by atoms with Gasteiger partial charge in [-0.25, -0.2) is 4.98 Å². The highest BCUT2D eigenvalue weighted by molar-refractivity contribution is 5.85. The number of para-hydroxylation sites is 2. The number of likely N-dealkylation sites (tertiary alicyclic amines) is 1. The molecule has 6 heteroatoms. The third-order valence-corrected chi connectivity index (χ3v) is 9.44. The van der Waals surface area contributed by atoms with Crippen molar-refractivity contribution in [3.63, 3.8) is 0 Å². The average molecular weight is 514 g/mol. The van der Waals surface area contributed by atoms with Gasteiger partial charge in [0.25, 0.3) is 0 Å². The minimum absolute atomic E-state index is 0.0674. The van der Waals surface area contributed by atoms with Crippen LogP contribution in [-0.4, -0.2) is 62.5 Å². The molecule has 4 heterocycles. The highest BCUT2D eigenvalue weighted by Crippen LogP contribution is 2.42. The molecule has 0 aliphatic carbocycles. The maximum Gasteiger partial charge on any atom is 0.242 e. The van der Waals surface area contributed by atoms with E-state index in [1.165, 1.54) is 42.3 Å². The van der Waals surface area contributed by atoms with E-state index in [1.807, 2.05) is 4.90 Å². The number of hydrogen-bond acceptors (Lipinski definition) is 4. The molecule has 3 saturated heterocycles. The summed E-state index contributed by atoms with van der Waals surface area (Å²) >= 11 is 0. The summed E-state index contributed by atoms with van der Waals surface area (Å²) in [5, 5.41) is 0. The zero-order valence-corrected chi connectivity index (χ0v) is 23.3. The predicted octanol–water partition coefficient (Wildman–Crippen LogP) is 5.20. The lowest BCUT2D eigenvalue weighted by atomic mass is 9.88. The molecule has 2 N–H and O–H groups in total. The van der Waals surface area contributed by atoms with Gasteiger partial charge in [-0.2, -0.15) is 0 Å². The maximum absolute atomic E-state index is 12.5. The fourth-order valence-electron chi connectivity index (χ4n) is 7.49. The number of aryl methyl sites for hydroxylation is 1. The third-order valence-electron chi connectivity index (χ3n) is 9.44. The summed E-state index contributed by atoms with van der Waals surface area (Å²) in [6.07, 6.45) is 8.28. The minimum atomic E-state index is -0.782. The van der Waals surface area contributed by atoms with E-state index in [0.29, 0.717) is 24.0 Å². The van der Waals surface area contributed by atoms with Gasteiger partial charge < -0.3 is 15.2 Å². The van der Waals surface area contributed by atoms with Crippen molar-refractivity contribution < 1.29 is 4.79 Å². The summed E-state index contributed by atoms with van der Waals surface area (Å²) in [7, 11) is 0. The number of imidazole rings is 1. The molecule has 3 atom stereocenters. The number of nitrogens with two attached hydrogens (primary N) is 1. The molecule has 3 fully saturated rings. The number of benzene rings is 2. The van der Waals surface area contributed by atoms with E-state index in [9.17, 15) is 4.79 Å². The standard InChI is InChI=1S/C32H43N5O/c1-22-34-29-6-4-5-7-30(29)37(22)28-20-26-12-13-27(21-28)36(26)19-14-23-8-10-24(11-9-23)25-15-17-35(18-16-25)31(38)32(2,3)33/h4-11,25-28H,12-21,33H2,1-3H3/t26-,27+,28?. The number of carbonyl (C=O) groups excluding carboxylic acids is 1. The lowest BCUT2D eigenvalue weighted by molar-refractivity contribution is -0.136. The second-order valence-corrected chi connectivity index (χ2v) is 12.5. The first-order chi connectivity index (χ1) is 18.3. The van der Waals surface area contributed by atoms with Gasteiger partial charge in [0, 0.05) is 37.8 Å². The molecule has 38 heavy (non-hydrogen) atoms. The van der Waals surface area contributed by atoms with E-state index >= 15 is 0 Å². The Bertz CT molecular complexity index is 1270. The van der Waals surface area contributed by atoms with E-state index in [2.05, 4.69) is 64.9 Å². The smallest absolute Gasteiger partial charge is 0.242 e. The summed E-state index contributed by atoms with van der Waals surface area (Å²) in [4.78, 5) is 22.1. The first kappa shape index (κ1) is 25.6. The number of carbonyl (C=O) groups is 1. The highest BCUT2D eigenvalue weighted by atomic mass is 16.2. The molecule has 3 aliphatic rings. The molecule has 202 valence electrons. The number of amides is 1. The fraction of sp³-hybridized carbons (Fsp3) is 0.562. The van der Waals surface area contributed by atoms with Crippen LogP contribution in [0.15, 0.2) is 48.5 Å². The maximum atomic E-state index is 12.5. The third kappa shape index (κ3) is 4.89. The molecule has 2 aromatic carbocycles. The molecule has 2 bridgehead atoms. The Balaban J connectivity index is 1.04. The lowest BCUT2D eigenvalue weighted by Gasteiger charge is -2.40. The Morgan fingerprint density at radius 3 is 2.26 bits per heavy atom. The molecule has 0 spiro atoms. The van der Waals surface area contributed by atoms with Gasteiger partial charge in [0.05, 0.1) is 16.6 Å². The van der Waals surface area contributed by atoms with Crippen LogP contribution < -0.4 is 5.73 Å². The zero-order chi connectivity index (χ0) is 26.4. The van der Waals surface area contributed by atoms with Crippen LogP contribution in [0.25, 0.3) is 11.0 Å². The Labute approximate surface area is 227 Å². The molecule has 1 unspecified atom stereocenters. The van der Waals surface area contributed by atoms with Crippen molar-refractivity contribution in [2.24, 2.45) is 5.73 Å². The second-order valence-electron chi connectivity index (χ2n) is 12.5. The Hall–Kier alpha value is -2.70. The minimum Gasteiger partial charge on any atom is -0.341 e. The van der Waals surface area contributed by atoms with Gasteiger partial charge in [-0.15, -0.1) is 0 Å². The second kappa shape index (κ2) is 10.1. The van der Waals surface area contributed by atoms with Crippen LogP contribution >= 0.6 is 0 Å². The summed E-state index contributed by atoms with van der Waals surface area (Å²) in [6, 6.07) is 19.9. The van der Waals surface area contributed by atoms with Crippen LogP contribution in [0.4, 0.5) is 0 Å². The van der Waals surface area contributed by atoms with Crippen LogP contribution in [0, 0.1) is 6.92 Å². The van der Waals surface area contributed by atoms with Crippen molar-refractivity contribution in [1.82, 2.24) is 19.4 Å². The summed E-state index contributed by atoms with van der Waals surface area (Å²) < 4.78 is 2.52. The van der Waals surface area contributed by atoms with Gasteiger partial charge in [-0.1, -0.05) is 36.4 Å². The molecule has 6 rings (SSSR count). The number of fused-ring (bicyclic) bond motifs is 3. The number of hydrogen-bond donors (Lipinski definition) is 1. The average Bonchev–Trinajstić information content (AvgIpc) is 3.37. The van der Waals surface area contributed by atoms with Gasteiger partial charge in [-0.3, -0.25) is 9.69 Å². The van der Waals surface area contributed by atoms with Crippen LogP contribution in [-0.2, 0) is 11.2 Å². The van der Waals surface area contributed by atoms with Crippen LogP contribution in [0.5, 0.6) is 0 Å². The number of nitrogens with zero attached hydrogens (tertiary/aromatic N) is 4. The van der Waals surface area contributed by atoms with Gasteiger partial charge in [0.2, 0.25) is 5.91 Å². The van der Waals surface area contributed by atoms with Crippen molar-refractivity contribution in [1.29, 1.82) is 0 Å². The van der Waals surface area contributed by atoms with Gasteiger partial charge in [0.15, 0.2) is 0 Å². The summed E-state index contributed by atoms with van der Waals surface area (Å²) in [5.41, 5.74) is 10.5. The molecule has 1 aromatic heterocycles. The Morgan fingerprint density at radius 1 is 0.947 bits per heavy atom. The molecular weight excluding hydrogens is 470 g/mol. The van der Waals surface area contributed by atoms with Gasteiger partial charge >= 0.3 is 0 Å². The van der Waals surface area contributed by atoms with Crippen LogP contribution in [0.3, 0.4) is 0 Å². The quantitative estimate of drug-likeness (QED) is 0.492. The Morgan fingerprint density at radius 2 is 1.61 bits per heavy atom. The van der Waals surface area contributed by atoms with Crippen molar-refractivity contribution >= 4 is 16.9 Å². The van der Waals surface area contributed by atoms with Crippen molar-refractivity contribution in [2.45, 2.75) is 95.3 Å². The van der Waals surface area contributed by atoms with Crippen molar-refractivity contribution in [2.75, 3.05) is 19.6 Å². The van der Waals surface area contributed by atoms with Crippen molar-refractivity contribution in [3.05, 3.63) is 65.5 Å². The number of aromatic nitrogens is 2. The first-order valence-electron chi connectivity index (χ1n) is 14.6. The molecule has 3 aromatic rings. The monoisotopic (exact) mass is 513 g/mol. The Kier molecular flexibility index (Phi) is 6.81. The van der Waals surface area contributed by atoms with E-state index in [1.54, 1.807) is 13.8 Å².